The van der Waals surface area contributed by atoms with Gasteiger partial charge in [-0.1, -0.05) is 25.3 Å². The van der Waals surface area contributed by atoms with Gasteiger partial charge in [-0.2, -0.15) is 0 Å². The van der Waals surface area contributed by atoms with E-state index in [1.54, 1.807) is 43.8 Å². The van der Waals surface area contributed by atoms with Gasteiger partial charge in [-0.15, -0.1) is 0 Å². The van der Waals surface area contributed by atoms with Crippen LogP contribution in [-0.4, -0.2) is 34.9 Å². The first-order chi connectivity index (χ1) is 16.5. The zero-order valence-electron chi connectivity index (χ0n) is 19.5. The van der Waals surface area contributed by atoms with Crippen LogP contribution >= 0.6 is 0 Å². The molecule has 0 aliphatic heterocycles. The predicted octanol–water partition coefficient (Wildman–Crippen LogP) is 4.30. The Morgan fingerprint density at radius 1 is 1.09 bits per heavy atom. The number of aromatic nitrogens is 2. The summed E-state index contributed by atoms with van der Waals surface area (Å²) < 4.78 is 11.7. The quantitative estimate of drug-likeness (QED) is 0.517. The summed E-state index contributed by atoms with van der Waals surface area (Å²) in [7, 11) is 1.59. The molecule has 34 heavy (non-hydrogen) atoms. The third-order valence-electron chi connectivity index (χ3n) is 6.22. The smallest absolute Gasteiger partial charge is 0.287 e. The van der Waals surface area contributed by atoms with Gasteiger partial charge in [-0.25, -0.2) is 4.98 Å². The Morgan fingerprint density at radius 2 is 1.91 bits per heavy atom. The molecule has 2 amide bonds. The summed E-state index contributed by atoms with van der Waals surface area (Å²) >= 11 is 0. The Hall–Kier alpha value is -3.68. The summed E-state index contributed by atoms with van der Waals surface area (Å²) in [5.74, 6) is 0.777. The molecular weight excluding hydrogens is 432 g/mol. The average molecular weight is 463 g/mol. The molecule has 2 N–H and O–H groups in total. The van der Waals surface area contributed by atoms with E-state index >= 15 is 0 Å². The number of pyridine rings is 2. The van der Waals surface area contributed by atoms with E-state index in [1.165, 1.54) is 6.42 Å². The topological polar surface area (TPSA) is 106 Å². The van der Waals surface area contributed by atoms with Crippen LogP contribution in [-0.2, 0) is 4.79 Å². The number of nitrogens with zero attached hydrogens (tertiary/aromatic N) is 2. The zero-order chi connectivity index (χ0) is 23.9. The molecule has 4 rings (SSSR count). The highest BCUT2D eigenvalue weighted by molar-refractivity contribution is 5.96. The molecule has 3 aromatic rings. The van der Waals surface area contributed by atoms with Gasteiger partial charge in [0.05, 0.1) is 6.20 Å². The van der Waals surface area contributed by atoms with Crippen LogP contribution in [0.25, 0.3) is 11.5 Å². The number of amides is 2. The number of hydrogen-bond donors (Lipinski definition) is 2. The molecule has 1 fully saturated rings. The van der Waals surface area contributed by atoms with Crippen LogP contribution in [0.5, 0.6) is 5.75 Å². The maximum atomic E-state index is 12.8. The Labute approximate surface area is 199 Å². The minimum absolute atomic E-state index is 0.135. The van der Waals surface area contributed by atoms with Gasteiger partial charge in [0.25, 0.3) is 5.91 Å². The lowest BCUT2D eigenvalue weighted by Gasteiger charge is -2.29. The van der Waals surface area contributed by atoms with Crippen molar-refractivity contribution < 1.29 is 18.7 Å². The predicted molar refractivity (Wildman–Crippen MR) is 127 cm³/mol. The monoisotopic (exact) mass is 462 g/mol. The molecule has 1 unspecified atom stereocenters. The van der Waals surface area contributed by atoms with E-state index in [1.807, 2.05) is 25.1 Å². The van der Waals surface area contributed by atoms with E-state index in [2.05, 4.69) is 20.6 Å². The number of carbonyl (C=O) groups excluding carboxylic acids is 2. The van der Waals surface area contributed by atoms with Gasteiger partial charge in [0, 0.05) is 25.0 Å². The minimum Gasteiger partial charge on any atom is -0.484 e. The number of ether oxygens (including phenoxy) is 1. The van der Waals surface area contributed by atoms with Crippen molar-refractivity contribution in [1.29, 1.82) is 0 Å². The lowest BCUT2D eigenvalue weighted by molar-refractivity contribution is -0.124. The second-order valence-corrected chi connectivity index (χ2v) is 8.55. The normalized spacial score (nSPS) is 15.8. The van der Waals surface area contributed by atoms with Gasteiger partial charge in [0.15, 0.2) is 11.5 Å². The van der Waals surface area contributed by atoms with Crippen molar-refractivity contribution in [3.63, 3.8) is 0 Å². The van der Waals surface area contributed by atoms with E-state index in [4.69, 9.17) is 9.15 Å². The van der Waals surface area contributed by atoms with Crippen LogP contribution in [0.4, 0.5) is 0 Å². The first-order valence-corrected chi connectivity index (χ1v) is 11.7. The molecule has 3 aromatic heterocycles. The van der Waals surface area contributed by atoms with Gasteiger partial charge >= 0.3 is 0 Å². The molecule has 0 saturated heterocycles. The van der Waals surface area contributed by atoms with Crippen molar-refractivity contribution in [2.24, 2.45) is 5.92 Å². The number of nitrogens with one attached hydrogen (secondary N) is 2. The highest BCUT2D eigenvalue weighted by Gasteiger charge is 2.31. The van der Waals surface area contributed by atoms with E-state index in [9.17, 15) is 9.59 Å². The second-order valence-electron chi connectivity index (χ2n) is 8.55. The summed E-state index contributed by atoms with van der Waals surface area (Å²) in [6.07, 6.45) is 10.1. The Morgan fingerprint density at radius 3 is 2.59 bits per heavy atom. The zero-order valence-corrected chi connectivity index (χ0v) is 19.5. The first-order valence-electron chi connectivity index (χ1n) is 11.7. The molecule has 0 bridgehead atoms. The maximum Gasteiger partial charge on any atom is 0.287 e. The van der Waals surface area contributed by atoms with Crippen molar-refractivity contribution in [2.75, 3.05) is 7.05 Å². The molecule has 1 aliphatic carbocycles. The number of rotatable bonds is 8. The second kappa shape index (κ2) is 11.0. The standard InChI is InChI=1S/C26H30N4O4/c1-17(19-9-6-14-28-15-19)33-20-10-11-21(29-16-20)22-12-13-23(34-22)25(31)30-24(26(32)27-2)18-7-4-3-5-8-18/h6,9-18,24H,3-5,7-8H2,1-2H3,(H,27,32)(H,30,31)/t17?,24-/m0/s1. The van der Waals surface area contributed by atoms with Crippen molar-refractivity contribution in [1.82, 2.24) is 20.6 Å². The highest BCUT2D eigenvalue weighted by Crippen LogP contribution is 2.28. The van der Waals surface area contributed by atoms with E-state index in [0.29, 0.717) is 17.2 Å². The summed E-state index contributed by atoms with van der Waals surface area (Å²) in [4.78, 5) is 33.8. The molecular formula is C26H30N4O4. The molecule has 3 heterocycles. The first kappa shape index (κ1) is 23.5. The van der Waals surface area contributed by atoms with Crippen molar-refractivity contribution in [3.8, 4) is 17.2 Å². The number of carbonyl (C=O) groups is 2. The maximum absolute atomic E-state index is 12.8. The van der Waals surface area contributed by atoms with Crippen LogP contribution in [0, 0.1) is 5.92 Å². The van der Waals surface area contributed by atoms with Crippen LogP contribution < -0.4 is 15.4 Å². The van der Waals surface area contributed by atoms with Gasteiger partial charge in [0.1, 0.15) is 23.6 Å². The average Bonchev–Trinajstić information content (AvgIpc) is 3.39. The molecule has 0 radical (unpaired) electrons. The Bertz CT molecular complexity index is 1090. The molecule has 8 heteroatoms. The molecule has 1 aliphatic rings. The fourth-order valence-electron chi connectivity index (χ4n) is 4.31. The lowest BCUT2D eigenvalue weighted by atomic mass is 9.83. The van der Waals surface area contributed by atoms with E-state index < -0.39 is 11.9 Å². The van der Waals surface area contributed by atoms with E-state index in [0.717, 1.165) is 31.2 Å². The van der Waals surface area contributed by atoms with E-state index in [-0.39, 0.29) is 23.7 Å². The van der Waals surface area contributed by atoms with Crippen molar-refractivity contribution >= 4 is 11.8 Å². The molecule has 1 saturated carbocycles. The summed E-state index contributed by atoms with van der Waals surface area (Å²) in [5.41, 5.74) is 1.55. The Balaban J connectivity index is 1.41. The molecule has 178 valence electrons. The van der Waals surface area contributed by atoms with Crippen LogP contribution in [0.1, 0.15) is 61.3 Å². The number of furan rings is 1. The van der Waals surface area contributed by atoms with Crippen LogP contribution in [0.2, 0.25) is 0 Å². The molecule has 0 aromatic carbocycles. The third kappa shape index (κ3) is 5.62. The van der Waals surface area contributed by atoms with Gasteiger partial charge in [0.2, 0.25) is 5.91 Å². The molecule has 0 spiro atoms. The molecule has 2 atom stereocenters. The fraction of sp³-hybridized carbons (Fsp3) is 0.385. The number of hydrogen-bond acceptors (Lipinski definition) is 6. The molecule has 8 nitrogen and oxygen atoms in total. The lowest BCUT2D eigenvalue weighted by Crippen LogP contribution is -2.50. The van der Waals surface area contributed by atoms with Gasteiger partial charge < -0.3 is 19.8 Å². The minimum atomic E-state index is -0.567. The van der Waals surface area contributed by atoms with Gasteiger partial charge in [-0.3, -0.25) is 14.6 Å². The summed E-state index contributed by atoms with van der Waals surface area (Å²) in [6.45, 7) is 1.95. The highest BCUT2D eigenvalue weighted by atomic mass is 16.5. The SMILES string of the molecule is CNC(=O)[C@@H](NC(=O)c1ccc(-c2ccc(OC(C)c3cccnc3)cn2)o1)C1CCCCC1. The van der Waals surface area contributed by atoms with Gasteiger partial charge in [-0.05, 0) is 56.0 Å². The Kier molecular flexibility index (Phi) is 7.57. The summed E-state index contributed by atoms with van der Waals surface area (Å²) in [6, 6.07) is 10.1. The van der Waals surface area contributed by atoms with Crippen molar-refractivity contribution in [3.05, 3.63) is 66.3 Å². The van der Waals surface area contributed by atoms with Crippen LogP contribution in [0.3, 0.4) is 0 Å². The summed E-state index contributed by atoms with van der Waals surface area (Å²) in [5, 5.41) is 5.54. The number of likely N-dealkylation sites (N-methyl/N-ethyl adjacent to an activating group) is 1. The van der Waals surface area contributed by atoms with Crippen molar-refractivity contribution in [2.45, 2.75) is 51.2 Å². The fourth-order valence-corrected chi connectivity index (χ4v) is 4.31. The largest absolute Gasteiger partial charge is 0.484 e. The third-order valence-corrected chi connectivity index (χ3v) is 6.22. The van der Waals surface area contributed by atoms with Crippen LogP contribution in [0.15, 0.2) is 59.4 Å².